The van der Waals surface area contributed by atoms with Gasteiger partial charge in [0, 0.05) is 13.0 Å². The lowest BCUT2D eigenvalue weighted by molar-refractivity contribution is 0.260. The number of hydrogen-bond acceptors (Lipinski definition) is 5. The number of aryl methyl sites for hydroxylation is 1. The third kappa shape index (κ3) is 3.00. The van der Waals surface area contributed by atoms with Crippen LogP contribution in [0.2, 0.25) is 5.02 Å². The summed E-state index contributed by atoms with van der Waals surface area (Å²) >= 11 is 6.10. The molecule has 0 unspecified atom stereocenters. The largest absolute Gasteiger partial charge is 0.482 e. The van der Waals surface area contributed by atoms with Crippen molar-refractivity contribution in [1.82, 2.24) is 10.2 Å². The monoisotopic (exact) mass is 267 g/mol. The number of nitrogens with two attached hydrogens (primary N) is 1. The van der Waals surface area contributed by atoms with Gasteiger partial charge in [0.15, 0.2) is 6.61 Å². The lowest BCUT2D eigenvalue weighted by Gasteiger charge is -2.09. The summed E-state index contributed by atoms with van der Waals surface area (Å²) < 4.78 is 10.7. The van der Waals surface area contributed by atoms with Gasteiger partial charge in [-0.1, -0.05) is 17.7 Å². The normalized spacial score (nSPS) is 12.4. The first-order valence-corrected chi connectivity index (χ1v) is 5.91. The Bertz CT molecular complexity index is 540. The summed E-state index contributed by atoms with van der Waals surface area (Å²) in [5.41, 5.74) is 6.73. The highest BCUT2D eigenvalue weighted by Gasteiger charge is 2.08. The van der Waals surface area contributed by atoms with E-state index < -0.39 is 0 Å². The van der Waals surface area contributed by atoms with Crippen LogP contribution >= 0.6 is 11.6 Å². The Balaban J connectivity index is 2.05. The molecule has 1 aromatic carbocycles. The van der Waals surface area contributed by atoms with E-state index in [1.807, 2.05) is 13.0 Å². The van der Waals surface area contributed by atoms with Crippen molar-refractivity contribution in [3.8, 4) is 5.75 Å². The second-order valence-corrected chi connectivity index (χ2v) is 4.39. The average molecular weight is 268 g/mol. The van der Waals surface area contributed by atoms with E-state index in [0.717, 1.165) is 5.56 Å². The minimum atomic E-state index is -0.0601. The van der Waals surface area contributed by atoms with Gasteiger partial charge >= 0.3 is 0 Å². The molecule has 0 amide bonds. The van der Waals surface area contributed by atoms with Gasteiger partial charge in [0.25, 0.3) is 5.89 Å². The summed E-state index contributed by atoms with van der Waals surface area (Å²) in [6, 6.07) is 5.39. The second-order valence-electron chi connectivity index (χ2n) is 3.98. The van der Waals surface area contributed by atoms with Gasteiger partial charge in [0.1, 0.15) is 5.75 Å². The maximum absolute atomic E-state index is 6.10. The highest BCUT2D eigenvalue weighted by molar-refractivity contribution is 6.32. The lowest BCUT2D eigenvalue weighted by atomic mass is 10.1. The van der Waals surface area contributed by atoms with Crippen LogP contribution in [0.3, 0.4) is 0 Å². The van der Waals surface area contributed by atoms with Gasteiger partial charge < -0.3 is 14.9 Å². The zero-order valence-electron chi connectivity index (χ0n) is 10.2. The van der Waals surface area contributed by atoms with Gasteiger partial charge in [-0.25, -0.2) is 0 Å². The maximum atomic E-state index is 6.10. The summed E-state index contributed by atoms with van der Waals surface area (Å²) in [7, 11) is 0. The first kappa shape index (κ1) is 12.9. The molecule has 0 aliphatic carbocycles. The Labute approximate surface area is 110 Å². The molecule has 0 spiro atoms. The molecular weight excluding hydrogens is 254 g/mol. The van der Waals surface area contributed by atoms with E-state index in [1.54, 1.807) is 19.1 Å². The molecule has 6 heteroatoms. The van der Waals surface area contributed by atoms with Crippen LogP contribution in [0.5, 0.6) is 5.75 Å². The van der Waals surface area contributed by atoms with E-state index in [2.05, 4.69) is 10.2 Å². The van der Waals surface area contributed by atoms with Crippen LogP contribution in [-0.2, 0) is 6.61 Å². The minimum absolute atomic E-state index is 0.0601. The fraction of sp³-hybridized carbons (Fsp3) is 0.333. The van der Waals surface area contributed by atoms with Gasteiger partial charge in [0.05, 0.1) is 5.02 Å². The number of halogens is 1. The summed E-state index contributed by atoms with van der Waals surface area (Å²) in [5, 5.41) is 8.06. The Morgan fingerprint density at radius 2 is 2.22 bits per heavy atom. The lowest BCUT2D eigenvalue weighted by Crippen LogP contribution is -2.05. The maximum Gasteiger partial charge on any atom is 0.253 e. The van der Waals surface area contributed by atoms with E-state index >= 15 is 0 Å². The molecule has 0 radical (unpaired) electrons. The van der Waals surface area contributed by atoms with Crippen molar-refractivity contribution in [1.29, 1.82) is 0 Å². The number of aromatic nitrogens is 2. The first-order chi connectivity index (χ1) is 8.56. The molecule has 0 aliphatic heterocycles. The molecule has 0 saturated carbocycles. The van der Waals surface area contributed by atoms with Gasteiger partial charge in [-0.3, -0.25) is 0 Å². The van der Waals surface area contributed by atoms with E-state index in [9.17, 15) is 0 Å². The van der Waals surface area contributed by atoms with Crippen LogP contribution in [0.25, 0.3) is 0 Å². The predicted molar refractivity (Wildman–Crippen MR) is 67.4 cm³/mol. The highest BCUT2D eigenvalue weighted by Crippen LogP contribution is 2.27. The van der Waals surface area contributed by atoms with E-state index in [-0.39, 0.29) is 12.6 Å². The molecule has 0 aliphatic rings. The Hall–Kier alpha value is -1.59. The van der Waals surface area contributed by atoms with Crippen molar-refractivity contribution < 1.29 is 9.15 Å². The van der Waals surface area contributed by atoms with Gasteiger partial charge in [-0.15, -0.1) is 10.2 Å². The predicted octanol–water partition coefficient (Wildman–Crippen LogP) is 2.63. The number of nitrogens with zero attached hydrogens (tertiary/aromatic N) is 2. The molecule has 0 saturated heterocycles. The molecule has 1 heterocycles. The third-order valence-corrected chi connectivity index (χ3v) is 2.70. The molecule has 0 bridgehead atoms. The van der Waals surface area contributed by atoms with Crippen molar-refractivity contribution in [3.05, 3.63) is 40.6 Å². The summed E-state index contributed by atoms with van der Waals surface area (Å²) in [6.07, 6.45) is 0. The van der Waals surface area contributed by atoms with Gasteiger partial charge in [-0.05, 0) is 24.6 Å². The van der Waals surface area contributed by atoms with Crippen LogP contribution in [0, 0.1) is 6.92 Å². The second kappa shape index (κ2) is 5.37. The van der Waals surface area contributed by atoms with Crippen molar-refractivity contribution in [2.24, 2.45) is 5.73 Å². The van der Waals surface area contributed by atoms with E-state index in [0.29, 0.717) is 22.6 Å². The first-order valence-electron chi connectivity index (χ1n) is 5.53. The van der Waals surface area contributed by atoms with Crippen LogP contribution < -0.4 is 10.5 Å². The van der Waals surface area contributed by atoms with Crippen molar-refractivity contribution in [2.75, 3.05) is 0 Å². The van der Waals surface area contributed by atoms with Crippen LogP contribution in [0.15, 0.2) is 22.6 Å². The average Bonchev–Trinajstić information content (AvgIpc) is 2.73. The molecule has 96 valence electrons. The SMILES string of the molecule is Cc1nnc(COc2ccc([C@@H](C)N)cc2Cl)o1. The smallest absolute Gasteiger partial charge is 0.253 e. The molecule has 1 atom stereocenters. The van der Waals surface area contributed by atoms with Gasteiger partial charge in [-0.2, -0.15) is 0 Å². The molecule has 2 aromatic rings. The topological polar surface area (TPSA) is 74.2 Å². The Morgan fingerprint density at radius 1 is 1.44 bits per heavy atom. The standard InChI is InChI=1S/C12H14ClN3O2/c1-7(14)9-3-4-11(10(13)5-9)17-6-12-16-15-8(2)18-12/h3-5,7H,6,14H2,1-2H3/t7-/m1/s1. The van der Waals surface area contributed by atoms with Crippen molar-refractivity contribution >= 4 is 11.6 Å². The van der Waals surface area contributed by atoms with E-state index in [4.69, 9.17) is 26.5 Å². The Morgan fingerprint density at radius 3 is 2.78 bits per heavy atom. The van der Waals surface area contributed by atoms with Crippen molar-refractivity contribution in [3.63, 3.8) is 0 Å². The summed E-state index contributed by atoms with van der Waals surface area (Å²) in [6.45, 7) is 3.81. The zero-order valence-corrected chi connectivity index (χ0v) is 10.9. The number of hydrogen-bond donors (Lipinski definition) is 1. The number of rotatable bonds is 4. The molecule has 2 N–H and O–H groups in total. The molecule has 0 fully saturated rings. The molecule has 1 aromatic heterocycles. The van der Waals surface area contributed by atoms with Crippen LogP contribution in [0.1, 0.15) is 30.3 Å². The molecule has 2 rings (SSSR count). The quantitative estimate of drug-likeness (QED) is 0.922. The minimum Gasteiger partial charge on any atom is -0.482 e. The van der Waals surface area contributed by atoms with Crippen molar-refractivity contribution in [2.45, 2.75) is 26.5 Å². The van der Waals surface area contributed by atoms with Crippen LogP contribution in [0.4, 0.5) is 0 Å². The van der Waals surface area contributed by atoms with Crippen LogP contribution in [-0.4, -0.2) is 10.2 Å². The number of ether oxygens (including phenoxy) is 1. The highest BCUT2D eigenvalue weighted by atomic mass is 35.5. The fourth-order valence-electron chi connectivity index (χ4n) is 1.45. The van der Waals surface area contributed by atoms with E-state index in [1.165, 1.54) is 0 Å². The van der Waals surface area contributed by atoms with Gasteiger partial charge in [0.2, 0.25) is 5.89 Å². The Kier molecular flexibility index (Phi) is 3.84. The third-order valence-electron chi connectivity index (χ3n) is 2.40. The number of benzene rings is 1. The zero-order chi connectivity index (χ0) is 13.1. The summed E-state index contributed by atoms with van der Waals surface area (Å²) in [5.74, 6) is 1.49. The molecule has 18 heavy (non-hydrogen) atoms. The molecule has 5 nitrogen and oxygen atoms in total. The fourth-order valence-corrected chi connectivity index (χ4v) is 1.70. The molecular formula is C12H14ClN3O2. The summed E-state index contributed by atoms with van der Waals surface area (Å²) in [4.78, 5) is 0.